The minimum atomic E-state index is -0.224. The van der Waals surface area contributed by atoms with Crippen LogP contribution in [0, 0.1) is 11.7 Å². The quantitative estimate of drug-likeness (QED) is 0.574. The van der Waals surface area contributed by atoms with Crippen LogP contribution in [0.5, 0.6) is 0 Å². The minimum absolute atomic E-state index is 0.0763. The highest BCUT2D eigenvalue weighted by Gasteiger charge is 2.33. The Morgan fingerprint density at radius 3 is 2.56 bits per heavy atom. The van der Waals surface area contributed by atoms with E-state index in [1.165, 1.54) is 6.07 Å². The van der Waals surface area contributed by atoms with Crippen LogP contribution in [0.2, 0.25) is 0 Å². The normalized spacial score (nSPS) is 15.6. The van der Waals surface area contributed by atoms with Gasteiger partial charge in [0, 0.05) is 57.8 Å². The number of benzene rings is 1. The van der Waals surface area contributed by atoms with E-state index < -0.39 is 0 Å². The van der Waals surface area contributed by atoms with E-state index in [2.05, 4.69) is 0 Å². The summed E-state index contributed by atoms with van der Waals surface area (Å²) in [6.45, 7) is 1.36. The Labute approximate surface area is 195 Å². The van der Waals surface area contributed by atoms with Crippen LogP contribution in [0.25, 0.3) is 0 Å². The summed E-state index contributed by atoms with van der Waals surface area (Å²) in [6, 6.07) is 8.72. The minimum Gasteiger partial charge on any atom is -0.357 e. The summed E-state index contributed by atoms with van der Waals surface area (Å²) in [6.07, 6.45) is 8.95. The number of aryl methyl sites for hydroxylation is 1. The number of piperidine rings is 1. The maximum absolute atomic E-state index is 14.4. The second-order valence-electron chi connectivity index (χ2n) is 8.69. The monoisotopic (exact) mass is 459 g/mol. The molecule has 1 aromatic carbocycles. The van der Waals surface area contributed by atoms with Crippen LogP contribution in [0.4, 0.5) is 4.39 Å². The summed E-state index contributed by atoms with van der Waals surface area (Å²) in [5.74, 6) is 1.03. The van der Waals surface area contributed by atoms with Gasteiger partial charge in [0.05, 0.1) is 6.42 Å². The number of hydrogen-bond acceptors (Lipinski definition) is 3. The molecule has 1 aromatic heterocycles. The molecule has 0 saturated carbocycles. The molecule has 1 atom stereocenters. The predicted octanol–water partition coefficient (Wildman–Crippen LogP) is 3.77. The van der Waals surface area contributed by atoms with Crippen LogP contribution in [-0.2, 0) is 29.5 Å². The summed E-state index contributed by atoms with van der Waals surface area (Å²) in [5.41, 5.74) is 1.67. The van der Waals surface area contributed by atoms with Crippen molar-refractivity contribution in [3.8, 4) is 0 Å². The smallest absolute Gasteiger partial charge is 0.227 e. The molecule has 1 fully saturated rings. The Morgan fingerprint density at radius 1 is 1.22 bits per heavy atom. The number of rotatable bonds is 9. The van der Waals surface area contributed by atoms with Crippen molar-refractivity contribution in [1.29, 1.82) is 0 Å². The number of hydrogen-bond donors (Lipinski definition) is 0. The summed E-state index contributed by atoms with van der Waals surface area (Å²) in [5, 5.41) is 0. The third kappa shape index (κ3) is 6.37. The van der Waals surface area contributed by atoms with Crippen molar-refractivity contribution in [2.75, 3.05) is 32.1 Å². The Balaban J connectivity index is 1.66. The molecule has 2 amide bonds. The summed E-state index contributed by atoms with van der Waals surface area (Å²) >= 11 is 1.65. The zero-order valence-corrected chi connectivity index (χ0v) is 20.1. The molecular weight excluding hydrogens is 425 g/mol. The van der Waals surface area contributed by atoms with Crippen LogP contribution >= 0.6 is 11.8 Å². The third-order valence-electron chi connectivity index (χ3n) is 6.48. The molecular formula is C25H34FN3O2S. The molecule has 2 aromatic rings. The van der Waals surface area contributed by atoms with Crippen LogP contribution in [-0.4, -0.2) is 64.4 Å². The molecule has 0 unspecified atom stereocenters. The molecule has 1 aliphatic heterocycles. The van der Waals surface area contributed by atoms with Crippen molar-refractivity contribution in [2.24, 2.45) is 13.0 Å². The van der Waals surface area contributed by atoms with E-state index in [9.17, 15) is 14.0 Å². The molecule has 7 heteroatoms. The van der Waals surface area contributed by atoms with Gasteiger partial charge < -0.3 is 14.4 Å². The molecule has 1 aliphatic rings. The molecule has 1 saturated heterocycles. The van der Waals surface area contributed by atoms with Crippen molar-refractivity contribution >= 4 is 23.6 Å². The fourth-order valence-corrected chi connectivity index (χ4v) is 4.92. The number of likely N-dealkylation sites (N-methyl/N-ethyl adjacent to an activating group) is 1. The number of carbonyl (C=O) groups excluding carboxylic acids is 2. The van der Waals surface area contributed by atoms with Crippen LogP contribution < -0.4 is 0 Å². The number of aromatic nitrogens is 1. The molecule has 32 heavy (non-hydrogen) atoms. The van der Waals surface area contributed by atoms with Crippen molar-refractivity contribution < 1.29 is 14.0 Å². The average molecular weight is 460 g/mol. The highest BCUT2D eigenvalue weighted by atomic mass is 32.2. The number of thioether (sulfide) groups is 1. The molecule has 0 spiro atoms. The Kier molecular flexibility index (Phi) is 8.79. The zero-order chi connectivity index (χ0) is 23.1. The van der Waals surface area contributed by atoms with Crippen LogP contribution in [0.3, 0.4) is 0 Å². The first-order chi connectivity index (χ1) is 15.4. The van der Waals surface area contributed by atoms with Gasteiger partial charge in [-0.15, -0.1) is 0 Å². The van der Waals surface area contributed by atoms with Gasteiger partial charge in [0.15, 0.2) is 0 Å². The Morgan fingerprint density at radius 2 is 1.94 bits per heavy atom. The standard InChI is InChI=1S/C25H34FN3O2S/c1-27-12-8-19(18-27)16-25(31)29-13-9-20(10-14-29)23(28(2)24(30)11-15-32-3)17-21-6-4-5-7-22(21)26/h4-8,12,18,20,23H,9-11,13-17H2,1-3H3/t23-/m0/s1. The summed E-state index contributed by atoms with van der Waals surface area (Å²) in [4.78, 5) is 29.3. The first-order valence-corrected chi connectivity index (χ1v) is 12.6. The van der Waals surface area contributed by atoms with E-state index in [0.717, 1.165) is 24.2 Å². The van der Waals surface area contributed by atoms with Crippen molar-refractivity contribution in [3.63, 3.8) is 0 Å². The molecule has 0 N–H and O–H groups in total. The zero-order valence-electron chi connectivity index (χ0n) is 19.3. The topological polar surface area (TPSA) is 45.6 Å². The molecule has 0 radical (unpaired) electrons. The van der Waals surface area contributed by atoms with Crippen LogP contribution in [0.1, 0.15) is 30.4 Å². The number of halogens is 1. The molecule has 174 valence electrons. The van der Waals surface area contributed by atoms with Gasteiger partial charge in [-0.25, -0.2) is 4.39 Å². The van der Waals surface area contributed by atoms with Gasteiger partial charge in [0.2, 0.25) is 11.8 Å². The van der Waals surface area contributed by atoms with Crippen molar-refractivity contribution in [2.45, 2.75) is 38.1 Å². The third-order valence-corrected chi connectivity index (χ3v) is 7.10. The number of amides is 2. The molecule has 3 rings (SSSR count). The van der Waals surface area contributed by atoms with Gasteiger partial charge in [-0.3, -0.25) is 9.59 Å². The van der Waals surface area contributed by atoms with E-state index in [-0.39, 0.29) is 29.6 Å². The second kappa shape index (κ2) is 11.5. The second-order valence-corrected chi connectivity index (χ2v) is 9.68. The number of likely N-dealkylation sites (tertiary alicyclic amines) is 1. The van der Waals surface area contributed by atoms with E-state index in [1.54, 1.807) is 23.9 Å². The van der Waals surface area contributed by atoms with Gasteiger partial charge >= 0.3 is 0 Å². The van der Waals surface area contributed by atoms with Gasteiger partial charge in [0.1, 0.15) is 5.82 Å². The van der Waals surface area contributed by atoms with Crippen molar-refractivity contribution in [1.82, 2.24) is 14.4 Å². The maximum Gasteiger partial charge on any atom is 0.227 e. The molecule has 2 heterocycles. The number of carbonyl (C=O) groups is 2. The Hall–Kier alpha value is -2.28. The lowest BCUT2D eigenvalue weighted by molar-refractivity contribution is -0.135. The first kappa shape index (κ1) is 24.4. The summed E-state index contributed by atoms with van der Waals surface area (Å²) in [7, 11) is 3.80. The SMILES string of the molecule is CSCCC(=O)N(C)[C@@H](Cc1ccccc1F)C1CCN(C(=O)Cc2ccn(C)c2)CC1. The van der Waals surface area contributed by atoms with E-state index in [0.29, 0.717) is 37.9 Å². The fourth-order valence-electron chi connectivity index (χ4n) is 4.55. The van der Waals surface area contributed by atoms with Gasteiger partial charge in [-0.1, -0.05) is 18.2 Å². The van der Waals surface area contributed by atoms with Gasteiger partial charge in [-0.2, -0.15) is 11.8 Å². The molecule has 0 bridgehead atoms. The average Bonchev–Trinajstić information content (AvgIpc) is 3.21. The van der Waals surface area contributed by atoms with Gasteiger partial charge in [0.25, 0.3) is 0 Å². The lowest BCUT2D eigenvalue weighted by Crippen LogP contribution is -2.48. The highest BCUT2D eigenvalue weighted by Crippen LogP contribution is 2.28. The molecule has 0 aliphatic carbocycles. The number of nitrogens with zero attached hydrogens (tertiary/aromatic N) is 3. The Bertz CT molecular complexity index is 908. The highest BCUT2D eigenvalue weighted by molar-refractivity contribution is 7.98. The van der Waals surface area contributed by atoms with E-state index >= 15 is 0 Å². The fraction of sp³-hybridized carbons (Fsp3) is 0.520. The van der Waals surface area contributed by atoms with Crippen molar-refractivity contribution in [3.05, 3.63) is 59.7 Å². The predicted molar refractivity (Wildman–Crippen MR) is 128 cm³/mol. The van der Waals surface area contributed by atoms with E-state index in [4.69, 9.17) is 0 Å². The van der Waals surface area contributed by atoms with E-state index in [1.807, 2.05) is 59.2 Å². The first-order valence-electron chi connectivity index (χ1n) is 11.3. The summed E-state index contributed by atoms with van der Waals surface area (Å²) < 4.78 is 16.4. The van der Waals surface area contributed by atoms with Crippen LogP contribution in [0.15, 0.2) is 42.7 Å². The molecule has 5 nitrogen and oxygen atoms in total. The lowest BCUT2D eigenvalue weighted by atomic mass is 9.84. The lowest BCUT2D eigenvalue weighted by Gasteiger charge is -2.40. The largest absolute Gasteiger partial charge is 0.357 e. The maximum atomic E-state index is 14.4. The van der Waals surface area contributed by atoms with Gasteiger partial charge in [-0.05, 0) is 54.7 Å².